The molecule has 7 heteroatoms. The van der Waals surface area contributed by atoms with E-state index in [0.717, 1.165) is 5.56 Å². The second-order valence-corrected chi connectivity index (χ2v) is 6.75. The molecule has 0 unspecified atom stereocenters. The van der Waals surface area contributed by atoms with Crippen molar-refractivity contribution in [3.8, 4) is 0 Å². The second-order valence-electron chi connectivity index (χ2n) is 5.30. The number of nitro benzene ring substituents is 1. The third-order valence-electron chi connectivity index (χ3n) is 3.85. The maximum atomic E-state index is 12.4. The lowest BCUT2D eigenvalue weighted by atomic mass is 10.1. The minimum absolute atomic E-state index is 0.130. The van der Waals surface area contributed by atoms with Crippen molar-refractivity contribution in [2.24, 2.45) is 5.92 Å². The fourth-order valence-electron chi connectivity index (χ4n) is 2.68. The van der Waals surface area contributed by atoms with Crippen molar-refractivity contribution in [3.05, 3.63) is 70.3 Å². The van der Waals surface area contributed by atoms with Crippen LogP contribution in [0.25, 0.3) is 0 Å². The Kier molecular flexibility index (Phi) is 4.00. The number of nitrogens with zero attached hydrogens (tertiary/aromatic N) is 1. The highest BCUT2D eigenvalue weighted by molar-refractivity contribution is 6.53. The first-order chi connectivity index (χ1) is 10.9. The lowest BCUT2D eigenvalue weighted by Gasteiger charge is -2.05. The van der Waals surface area contributed by atoms with Crippen molar-refractivity contribution >= 4 is 40.5 Å². The number of alkyl halides is 2. The molecule has 118 valence electrons. The Bertz CT molecular complexity index is 765. The van der Waals surface area contributed by atoms with Crippen LogP contribution in [-0.2, 0) is 4.79 Å². The molecule has 0 aromatic heterocycles. The van der Waals surface area contributed by atoms with Gasteiger partial charge >= 0.3 is 0 Å². The Hall–Kier alpha value is -2.11. The Morgan fingerprint density at radius 2 is 1.70 bits per heavy atom. The van der Waals surface area contributed by atoms with E-state index in [4.69, 9.17) is 23.2 Å². The number of benzene rings is 2. The predicted octanol–water partition coefficient (Wildman–Crippen LogP) is 4.12. The number of anilines is 1. The molecule has 5 nitrogen and oxygen atoms in total. The van der Waals surface area contributed by atoms with Crippen LogP contribution in [0.1, 0.15) is 11.5 Å². The van der Waals surface area contributed by atoms with Crippen molar-refractivity contribution in [1.29, 1.82) is 0 Å². The van der Waals surface area contributed by atoms with Crippen molar-refractivity contribution in [2.45, 2.75) is 10.3 Å². The zero-order valence-corrected chi connectivity index (χ0v) is 13.3. The molecular weight excluding hydrogens is 339 g/mol. The lowest BCUT2D eigenvalue weighted by Crippen LogP contribution is -2.17. The van der Waals surface area contributed by atoms with E-state index >= 15 is 0 Å². The number of nitrogens with one attached hydrogen (secondary N) is 1. The topological polar surface area (TPSA) is 72.2 Å². The van der Waals surface area contributed by atoms with Crippen LogP contribution in [0.5, 0.6) is 0 Å². The van der Waals surface area contributed by atoms with E-state index in [2.05, 4.69) is 5.32 Å². The SMILES string of the molecule is O=C(Nc1ccccc1[N+](=O)[O-])[C@H]1[C@@H](c2ccccc2)C1(Cl)Cl. The zero-order valence-electron chi connectivity index (χ0n) is 11.8. The molecule has 1 N–H and O–H groups in total. The fraction of sp³-hybridized carbons (Fsp3) is 0.188. The van der Waals surface area contributed by atoms with Gasteiger partial charge in [-0.15, -0.1) is 23.2 Å². The van der Waals surface area contributed by atoms with Crippen molar-refractivity contribution in [2.75, 3.05) is 5.32 Å². The molecule has 0 spiro atoms. The van der Waals surface area contributed by atoms with Gasteiger partial charge in [-0.25, -0.2) is 0 Å². The summed E-state index contributed by atoms with van der Waals surface area (Å²) < 4.78 is -1.21. The normalized spacial score (nSPS) is 21.5. The zero-order chi connectivity index (χ0) is 16.6. The van der Waals surface area contributed by atoms with E-state index in [0.29, 0.717) is 0 Å². The van der Waals surface area contributed by atoms with E-state index in [1.165, 1.54) is 18.2 Å². The molecule has 1 aliphatic carbocycles. The van der Waals surface area contributed by atoms with Gasteiger partial charge in [0.1, 0.15) is 10.0 Å². The quantitative estimate of drug-likeness (QED) is 0.512. The Morgan fingerprint density at radius 3 is 2.35 bits per heavy atom. The van der Waals surface area contributed by atoms with Gasteiger partial charge in [0.2, 0.25) is 5.91 Å². The summed E-state index contributed by atoms with van der Waals surface area (Å²) in [4.78, 5) is 22.9. The van der Waals surface area contributed by atoms with Crippen molar-refractivity contribution < 1.29 is 9.72 Å². The van der Waals surface area contributed by atoms with Crippen LogP contribution in [0.15, 0.2) is 54.6 Å². The van der Waals surface area contributed by atoms with E-state index in [1.54, 1.807) is 6.07 Å². The van der Waals surface area contributed by atoms with Gasteiger partial charge in [-0.2, -0.15) is 0 Å². The van der Waals surface area contributed by atoms with Gasteiger partial charge in [0.15, 0.2) is 0 Å². The second kappa shape index (κ2) is 5.83. The summed E-state index contributed by atoms with van der Waals surface area (Å²) in [6.45, 7) is 0. The Balaban J connectivity index is 1.81. The number of hydrogen-bond acceptors (Lipinski definition) is 3. The molecule has 2 aromatic carbocycles. The summed E-state index contributed by atoms with van der Waals surface area (Å²) in [5.41, 5.74) is 0.818. The first-order valence-electron chi connectivity index (χ1n) is 6.90. The summed E-state index contributed by atoms with van der Waals surface area (Å²) in [5, 5.41) is 13.6. The molecular formula is C16H12Cl2N2O3. The number of halogens is 2. The summed E-state index contributed by atoms with van der Waals surface area (Å²) in [7, 11) is 0. The van der Waals surface area contributed by atoms with Crippen LogP contribution in [0.4, 0.5) is 11.4 Å². The number of para-hydroxylation sites is 2. The number of rotatable bonds is 4. The third kappa shape index (κ3) is 2.90. The Labute approximate surface area is 142 Å². The molecule has 1 amide bonds. The van der Waals surface area contributed by atoms with Gasteiger partial charge in [-0.05, 0) is 11.6 Å². The monoisotopic (exact) mass is 350 g/mol. The van der Waals surface area contributed by atoms with Crippen LogP contribution in [-0.4, -0.2) is 15.2 Å². The molecule has 3 rings (SSSR count). The third-order valence-corrected chi connectivity index (χ3v) is 4.79. The minimum atomic E-state index is -1.21. The van der Waals surface area contributed by atoms with E-state index in [-0.39, 0.29) is 17.3 Å². The number of amides is 1. The van der Waals surface area contributed by atoms with Crippen molar-refractivity contribution in [3.63, 3.8) is 0 Å². The molecule has 0 bridgehead atoms. The summed E-state index contributed by atoms with van der Waals surface area (Å²) in [5.74, 6) is -1.43. The standard InChI is InChI=1S/C16H12Cl2N2O3/c17-16(18)13(10-6-2-1-3-7-10)14(16)15(21)19-11-8-4-5-9-12(11)20(22)23/h1-9,13-14H,(H,19,21)/t13-,14-/m1/s1. The predicted molar refractivity (Wildman–Crippen MR) is 88.8 cm³/mol. The smallest absolute Gasteiger partial charge is 0.292 e. The van der Waals surface area contributed by atoms with Gasteiger partial charge in [0, 0.05) is 12.0 Å². The van der Waals surface area contributed by atoms with Crippen LogP contribution in [0.3, 0.4) is 0 Å². The molecule has 23 heavy (non-hydrogen) atoms. The van der Waals surface area contributed by atoms with Crippen molar-refractivity contribution in [1.82, 2.24) is 0 Å². The number of carbonyl (C=O) groups is 1. The van der Waals surface area contributed by atoms with Gasteiger partial charge in [0.25, 0.3) is 5.69 Å². The molecule has 1 fully saturated rings. The molecule has 0 saturated heterocycles. The van der Waals surface area contributed by atoms with E-state index < -0.39 is 21.1 Å². The highest BCUT2D eigenvalue weighted by Crippen LogP contribution is 2.65. The number of hydrogen-bond donors (Lipinski definition) is 1. The first kappa shape index (κ1) is 15.8. The molecule has 1 aliphatic rings. The molecule has 0 heterocycles. The highest BCUT2D eigenvalue weighted by atomic mass is 35.5. The number of nitro groups is 1. The molecule has 0 radical (unpaired) electrons. The first-order valence-corrected chi connectivity index (χ1v) is 7.65. The van der Waals surface area contributed by atoms with Crippen LogP contribution in [0, 0.1) is 16.0 Å². The van der Waals surface area contributed by atoms with Crippen LogP contribution in [0.2, 0.25) is 0 Å². The summed E-state index contributed by atoms with van der Waals surface area (Å²) in [6, 6.07) is 15.2. The summed E-state index contributed by atoms with van der Waals surface area (Å²) >= 11 is 12.5. The van der Waals surface area contributed by atoms with Gasteiger partial charge in [-0.3, -0.25) is 14.9 Å². The molecule has 2 atom stereocenters. The minimum Gasteiger partial charge on any atom is -0.320 e. The van der Waals surface area contributed by atoms with Gasteiger partial charge in [0.05, 0.1) is 10.8 Å². The average Bonchev–Trinajstić information content (AvgIpc) is 3.11. The maximum absolute atomic E-state index is 12.4. The van der Waals surface area contributed by atoms with Gasteiger partial charge < -0.3 is 5.32 Å². The molecule has 0 aliphatic heterocycles. The van der Waals surface area contributed by atoms with Crippen LogP contribution >= 0.6 is 23.2 Å². The average molecular weight is 351 g/mol. The maximum Gasteiger partial charge on any atom is 0.292 e. The molecule has 2 aromatic rings. The molecule has 1 saturated carbocycles. The lowest BCUT2D eigenvalue weighted by molar-refractivity contribution is -0.383. The Morgan fingerprint density at radius 1 is 1.09 bits per heavy atom. The highest BCUT2D eigenvalue weighted by Gasteiger charge is 2.67. The van der Waals surface area contributed by atoms with E-state index in [1.807, 2.05) is 30.3 Å². The van der Waals surface area contributed by atoms with Crippen LogP contribution < -0.4 is 5.32 Å². The van der Waals surface area contributed by atoms with Gasteiger partial charge in [-0.1, -0.05) is 42.5 Å². The summed E-state index contributed by atoms with van der Waals surface area (Å²) in [6.07, 6.45) is 0. The fourth-order valence-corrected chi connectivity index (χ4v) is 3.51. The largest absolute Gasteiger partial charge is 0.320 e. The number of carbonyl (C=O) groups excluding carboxylic acids is 1. The van der Waals surface area contributed by atoms with E-state index in [9.17, 15) is 14.9 Å².